The summed E-state index contributed by atoms with van der Waals surface area (Å²) in [5.74, 6) is 0.00528. The number of amides is 5. The highest BCUT2D eigenvalue weighted by atomic mass is 16.7. The number of urea groups is 1. The van der Waals surface area contributed by atoms with E-state index in [1.54, 1.807) is 51.3 Å². The van der Waals surface area contributed by atoms with E-state index < -0.39 is 23.4 Å². The molecule has 0 spiro atoms. The molecule has 14 heteroatoms. The number of hydrogen-bond donors (Lipinski definition) is 3. The first kappa shape index (κ1) is 29.1. The number of piperidine rings is 1. The monoisotopic (exact) mass is 514 g/mol. The van der Waals surface area contributed by atoms with E-state index in [4.69, 9.17) is 19.5 Å². The zero-order chi connectivity index (χ0) is 27.1. The van der Waals surface area contributed by atoms with Gasteiger partial charge in [-0.25, -0.2) is 24.9 Å². The first-order valence-electron chi connectivity index (χ1n) is 11.9. The number of likely N-dealkylation sites (tertiary alicyclic amines) is 1. The first-order valence-corrected chi connectivity index (χ1v) is 11.9. The van der Waals surface area contributed by atoms with Crippen molar-refractivity contribution in [1.29, 1.82) is 0 Å². The molecule has 0 aliphatic carbocycles. The van der Waals surface area contributed by atoms with E-state index in [9.17, 15) is 19.2 Å². The Kier molecular flexibility index (Phi) is 9.87. The summed E-state index contributed by atoms with van der Waals surface area (Å²) in [4.78, 5) is 57.7. The summed E-state index contributed by atoms with van der Waals surface area (Å²) in [7, 11) is 0. The summed E-state index contributed by atoms with van der Waals surface area (Å²) in [5.41, 5.74) is 0.720. The molecule has 3 saturated heterocycles. The molecule has 204 valence electrons. The Morgan fingerprint density at radius 3 is 2.28 bits per heavy atom. The zero-order valence-electron chi connectivity index (χ0n) is 21.8. The number of hydroxylamine groups is 3. The minimum absolute atomic E-state index is 0.00528. The maximum Gasteiger partial charge on any atom is 0.437 e. The molecular formula is C22H38N6O8. The van der Waals surface area contributed by atoms with Gasteiger partial charge in [0.15, 0.2) is 0 Å². The predicted molar refractivity (Wildman–Crippen MR) is 127 cm³/mol. The normalized spacial score (nSPS) is 22.0. The first-order chi connectivity index (χ1) is 16.7. The van der Waals surface area contributed by atoms with E-state index in [1.165, 1.54) is 0 Å². The van der Waals surface area contributed by atoms with Crippen LogP contribution in [-0.4, -0.2) is 100 Å². The number of aliphatic imine (C=N–C) groups is 1. The number of hydrogen-bond acceptors (Lipinski definition) is 8. The molecule has 2 bridgehead atoms. The van der Waals surface area contributed by atoms with E-state index in [0.717, 1.165) is 31.0 Å². The van der Waals surface area contributed by atoms with E-state index in [1.807, 2.05) is 0 Å². The Hall–Kier alpha value is -3.13. The van der Waals surface area contributed by atoms with Gasteiger partial charge in [-0.05, 0) is 60.8 Å². The number of rotatable bonds is 3. The lowest BCUT2D eigenvalue weighted by atomic mass is 10.1. The summed E-state index contributed by atoms with van der Waals surface area (Å²) >= 11 is 0. The third kappa shape index (κ3) is 9.49. The van der Waals surface area contributed by atoms with E-state index in [-0.39, 0.29) is 24.1 Å². The molecule has 14 nitrogen and oxygen atoms in total. The van der Waals surface area contributed by atoms with Crippen LogP contribution in [0.3, 0.4) is 0 Å². The molecule has 2 atom stereocenters. The summed E-state index contributed by atoms with van der Waals surface area (Å²) < 4.78 is 10.4. The third-order valence-electron chi connectivity index (χ3n) is 5.14. The Morgan fingerprint density at radius 1 is 1.06 bits per heavy atom. The molecule has 2 unspecified atom stereocenters. The average molecular weight is 515 g/mol. The SMILES string of the molecule is CC(C)(C)OC(=O)/N=C(\NC(=O)OC(C)(C)C)N1CCC(ONC=O)C1.O=C1N2CCCC(C2)N1O. The lowest BCUT2D eigenvalue weighted by Gasteiger charge is -2.24. The highest BCUT2D eigenvalue weighted by molar-refractivity contribution is 5.99. The lowest BCUT2D eigenvalue weighted by Crippen LogP contribution is -2.46. The van der Waals surface area contributed by atoms with Gasteiger partial charge in [0.2, 0.25) is 12.4 Å². The Balaban J connectivity index is 0.000000373. The van der Waals surface area contributed by atoms with Crippen molar-refractivity contribution in [2.45, 2.75) is 84.2 Å². The average Bonchev–Trinajstić information content (AvgIpc) is 3.29. The van der Waals surface area contributed by atoms with Crippen molar-refractivity contribution in [1.82, 2.24) is 25.7 Å². The summed E-state index contributed by atoms with van der Waals surface area (Å²) in [5, 5.41) is 12.5. The number of nitrogens with one attached hydrogen (secondary N) is 2. The third-order valence-corrected chi connectivity index (χ3v) is 5.14. The van der Waals surface area contributed by atoms with Crippen LogP contribution in [0.25, 0.3) is 0 Å². The van der Waals surface area contributed by atoms with E-state index >= 15 is 0 Å². The van der Waals surface area contributed by atoms with Crippen LogP contribution >= 0.6 is 0 Å². The van der Waals surface area contributed by atoms with Gasteiger partial charge in [-0.15, -0.1) is 4.99 Å². The van der Waals surface area contributed by atoms with Crippen molar-refractivity contribution < 1.29 is 38.7 Å². The molecule has 0 aromatic rings. The molecule has 0 aromatic carbocycles. The smallest absolute Gasteiger partial charge is 0.437 e. The number of guanidine groups is 1. The van der Waals surface area contributed by atoms with E-state index in [0.29, 0.717) is 25.9 Å². The van der Waals surface area contributed by atoms with Crippen molar-refractivity contribution >= 4 is 30.6 Å². The second kappa shape index (κ2) is 12.2. The highest BCUT2D eigenvalue weighted by Crippen LogP contribution is 2.22. The fraction of sp³-hybridized carbons (Fsp3) is 0.773. The van der Waals surface area contributed by atoms with Crippen LogP contribution in [-0.2, 0) is 19.1 Å². The van der Waals surface area contributed by atoms with Gasteiger partial charge >= 0.3 is 18.2 Å². The molecule has 0 saturated carbocycles. The number of alkyl carbamates (subject to hydrolysis) is 1. The van der Waals surface area contributed by atoms with Gasteiger partial charge in [-0.1, -0.05) is 0 Å². The fourth-order valence-corrected chi connectivity index (χ4v) is 3.71. The maximum absolute atomic E-state index is 12.1. The lowest BCUT2D eigenvalue weighted by molar-refractivity contribution is -0.124. The van der Waals surface area contributed by atoms with E-state index in [2.05, 4.69) is 15.8 Å². The zero-order valence-corrected chi connectivity index (χ0v) is 21.8. The van der Waals surface area contributed by atoms with Gasteiger partial charge in [0.25, 0.3) is 0 Å². The van der Waals surface area contributed by atoms with Crippen molar-refractivity contribution in [2.24, 2.45) is 4.99 Å². The van der Waals surface area contributed by atoms with Crippen LogP contribution in [0.15, 0.2) is 4.99 Å². The van der Waals surface area contributed by atoms with Gasteiger partial charge in [0.05, 0.1) is 6.04 Å². The van der Waals surface area contributed by atoms with Crippen molar-refractivity contribution in [3.05, 3.63) is 0 Å². The minimum atomic E-state index is -0.834. The molecule has 3 fully saturated rings. The molecule has 5 amide bonds. The van der Waals surface area contributed by atoms with Crippen LogP contribution in [0.1, 0.15) is 60.8 Å². The number of carbonyl (C=O) groups excluding carboxylic acids is 4. The molecule has 0 radical (unpaired) electrons. The van der Waals surface area contributed by atoms with Gasteiger partial charge in [0, 0.05) is 26.2 Å². The second-order valence-corrected chi connectivity index (χ2v) is 10.6. The highest BCUT2D eigenvalue weighted by Gasteiger charge is 2.39. The Bertz CT molecular complexity index is 833. The molecule has 0 aromatic heterocycles. The largest absolute Gasteiger partial charge is 0.444 e. The maximum atomic E-state index is 12.1. The second-order valence-electron chi connectivity index (χ2n) is 10.6. The molecule has 3 aliphatic rings. The number of fused-ring (bicyclic) bond motifs is 2. The molecule has 36 heavy (non-hydrogen) atoms. The van der Waals surface area contributed by atoms with Crippen LogP contribution in [0.5, 0.6) is 0 Å². The molecule has 3 heterocycles. The van der Waals surface area contributed by atoms with Crippen LogP contribution < -0.4 is 10.8 Å². The number of ether oxygens (including phenoxy) is 2. The van der Waals surface area contributed by atoms with Crippen molar-refractivity contribution in [3.8, 4) is 0 Å². The summed E-state index contributed by atoms with van der Waals surface area (Å²) in [6, 6.07) is -0.149. The topological polar surface area (TPSA) is 162 Å². The molecule has 3 rings (SSSR count). The van der Waals surface area contributed by atoms with Crippen molar-refractivity contribution in [2.75, 3.05) is 26.2 Å². The van der Waals surface area contributed by atoms with Gasteiger partial charge in [0.1, 0.15) is 17.3 Å². The minimum Gasteiger partial charge on any atom is -0.444 e. The Labute approximate surface area is 210 Å². The fourth-order valence-electron chi connectivity index (χ4n) is 3.71. The van der Waals surface area contributed by atoms with Crippen LogP contribution in [0, 0.1) is 0 Å². The Morgan fingerprint density at radius 2 is 1.72 bits per heavy atom. The number of nitrogens with zero attached hydrogens (tertiary/aromatic N) is 4. The predicted octanol–water partition coefficient (Wildman–Crippen LogP) is 1.83. The van der Waals surface area contributed by atoms with Gasteiger partial charge < -0.3 is 19.3 Å². The van der Waals surface area contributed by atoms with Crippen LogP contribution in [0.4, 0.5) is 14.4 Å². The summed E-state index contributed by atoms with van der Waals surface area (Å²) in [6.07, 6.45) is 1.09. The van der Waals surface area contributed by atoms with Crippen LogP contribution in [0.2, 0.25) is 0 Å². The molecule has 3 N–H and O–H groups in total. The number of carbonyl (C=O) groups is 4. The molecule has 3 aliphatic heterocycles. The van der Waals surface area contributed by atoms with Crippen molar-refractivity contribution in [3.63, 3.8) is 0 Å². The quantitative estimate of drug-likeness (QED) is 0.168. The van der Waals surface area contributed by atoms with Gasteiger partial charge in [-0.2, -0.15) is 0 Å². The standard InChI is InChI=1S/C16H28N4O6.C6H10N2O2/c1-15(2,3)24-13(22)18-12(19-14(23)25-16(4,5)6)20-8-7-11(9-20)26-17-10-21;9-6-7-3-1-2-5(4-7)8(6)10/h10-11H,7-9H2,1-6H3,(H,17,21)(H,18,19,22,23);5,10H,1-4H2. The van der Waals surface area contributed by atoms with Gasteiger partial charge in [-0.3, -0.25) is 20.2 Å². The summed E-state index contributed by atoms with van der Waals surface area (Å²) in [6.45, 7) is 12.6. The molecular weight excluding hydrogens is 476 g/mol.